The van der Waals surface area contributed by atoms with Gasteiger partial charge < -0.3 is 15.3 Å². The molecular weight excluding hydrogens is 275 g/mol. The number of aliphatic carboxylic acids is 1. The van der Waals surface area contributed by atoms with Gasteiger partial charge in [0.1, 0.15) is 5.54 Å². The number of nitrogens with zero attached hydrogens (tertiary/aromatic N) is 2. The van der Waals surface area contributed by atoms with Crippen molar-refractivity contribution in [3.05, 3.63) is 0 Å². The van der Waals surface area contributed by atoms with Gasteiger partial charge in [0, 0.05) is 32.7 Å². The lowest BCUT2D eigenvalue weighted by atomic mass is 9.98. The maximum atomic E-state index is 12.2. The number of nitrogens with one attached hydrogen (secondary N) is 1. The van der Waals surface area contributed by atoms with Crippen LogP contribution in [0.1, 0.15) is 13.3 Å². The van der Waals surface area contributed by atoms with E-state index in [1.807, 2.05) is 4.90 Å². The van der Waals surface area contributed by atoms with Crippen LogP contribution in [0.5, 0.6) is 0 Å². The summed E-state index contributed by atoms with van der Waals surface area (Å²) in [5, 5.41) is 11.9. The van der Waals surface area contributed by atoms with Gasteiger partial charge in [-0.2, -0.15) is 13.2 Å². The Bertz CT molecular complexity index is 330. The molecule has 20 heavy (non-hydrogen) atoms. The highest BCUT2D eigenvalue weighted by Gasteiger charge is 2.34. The van der Waals surface area contributed by atoms with Crippen LogP contribution in [0.15, 0.2) is 0 Å². The van der Waals surface area contributed by atoms with Crippen LogP contribution >= 0.6 is 0 Å². The first-order valence-corrected chi connectivity index (χ1v) is 6.60. The molecule has 2 N–H and O–H groups in total. The Hall–Kier alpha value is -0.860. The van der Waals surface area contributed by atoms with Crippen LogP contribution in [0.3, 0.4) is 0 Å². The largest absolute Gasteiger partial charge is 0.480 e. The highest BCUT2D eigenvalue weighted by Crippen LogP contribution is 2.18. The summed E-state index contributed by atoms with van der Waals surface area (Å²) in [6.07, 6.45) is -3.74. The van der Waals surface area contributed by atoms with E-state index in [1.54, 1.807) is 14.0 Å². The van der Waals surface area contributed by atoms with Gasteiger partial charge in [-0.15, -0.1) is 0 Å². The van der Waals surface area contributed by atoms with E-state index in [9.17, 15) is 18.0 Å². The molecule has 0 bridgehead atoms. The second kappa shape index (κ2) is 6.73. The Morgan fingerprint density at radius 3 is 2.10 bits per heavy atom. The summed E-state index contributed by atoms with van der Waals surface area (Å²) in [5.41, 5.74) is -0.997. The van der Waals surface area contributed by atoms with Crippen LogP contribution in [-0.2, 0) is 4.79 Å². The summed E-state index contributed by atoms with van der Waals surface area (Å²) in [5.74, 6) is -0.921. The van der Waals surface area contributed by atoms with Crippen molar-refractivity contribution in [1.82, 2.24) is 15.1 Å². The summed E-state index contributed by atoms with van der Waals surface area (Å²) in [6.45, 7) is 3.10. The van der Waals surface area contributed by atoms with E-state index in [0.29, 0.717) is 39.1 Å². The summed E-state index contributed by atoms with van der Waals surface area (Å²) >= 11 is 0. The fourth-order valence-corrected chi connectivity index (χ4v) is 2.15. The van der Waals surface area contributed by atoms with Crippen LogP contribution in [0.2, 0.25) is 0 Å². The number of carboxylic acids is 1. The number of hydrogen-bond acceptors (Lipinski definition) is 4. The van der Waals surface area contributed by atoms with E-state index in [1.165, 1.54) is 4.90 Å². The monoisotopic (exact) mass is 297 g/mol. The minimum Gasteiger partial charge on any atom is -0.480 e. The smallest absolute Gasteiger partial charge is 0.401 e. The lowest BCUT2D eigenvalue weighted by Crippen LogP contribution is -2.53. The van der Waals surface area contributed by atoms with Gasteiger partial charge >= 0.3 is 12.1 Å². The first kappa shape index (κ1) is 17.2. The molecule has 0 saturated carbocycles. The maximum Gasteiger partial charge on any atom is 0.401 e. The summed E-state index contributed by atoms with van der Waals surface area (Å²) < 4.78 is 36.7. The molecule has 0 radical (unpaired) electrons. The number of rotatable bonds is 6. The van der Waals surface area contributed by atoms with Crippen molar-refractivity contribution in [2.24, 2.45) is 0 Å². The SMILES string of the molecule is CNC(C)(CCN1CCN(CC(F)(F)F)CC1)C(=O)O. The molecule has 1 fully saturated rings. The third-order valence-corrected chi connectivity index (χ3v) is 3.82. The van der Waals surface area contributed by atoms with E-state index in [-0.39, 0.29) is 0 Å². The number of likely N-dealkylation sites (N-methyl/N-ethyl adjacent to an activating group) is 1. The molecule has 1 saturated heterocycles. The first-order chi connectivity index (χ1) is 9.16. The molecule has 0 aromatic carbocycles. The third kappa shape index (κ3) is 5.26. The quantitative estimate of drug-likeness (QED) is 0.753. The molecule has 1 aliphatic rings. The number of hydrogen-bond donors (Lipinski definition) is 2. The summed E-state index contributed by atoms with van der Waals surface area (Å²) in [7, 11) is 1.59. The molecule has 0 aliphatic carbocycles. The molecule has 8 heteroatoms. The highest BCUT2D eigenvalue weighted by molar-refractivity contribution is 5.78. The fourth-order valence-electron chi connectivity index (χ4n) is 2.15. The Labute approximate surface area is 116 Å². The maximum absolute atomic E-state index is 12.2. The Kier molecular flexibility index (Phi) is 5.79. The third-order valence-electron chi connectivity index (χ3n) is 3.82. The van der Waals surface area contributed by atoms with Crippen molar-refractivity contribution in [3.63, 3.8) is 0 Å². The molecule has 0 amide bonds. The van der Waals surface area contributed by atoms with Crippen molar-refractivity contribution in [3.8, 4) is 0 Å². The van der Waals surface area contributed by atoms with Crippen molar-refractivity contribution in [2.75, 3.05) is 46.3 Å². The number of halogens is 3. The van der Waals surface area contributed by atoms with E-state index in [2.05, 4.69) is 5.32 Å². The standard InChI is InChI=1S/C12H22F3N3O2/c1-11(16-2,10(19)20)3-4-17-5-7-18(8-6-17)9-12(13,14)15/h16H,3-9H2,1-2H3,(H,19,20). The Morgan fingerprint density at radius 1 is 1.20 bits per heavy atom. The van der Waals surface area contributed by atoms with Gasteiger partial charge in [0.05, 0.1) is 6.54 Å². The lowest BCUT2D eigenvalue weighted by molar-refractivity contribution is -0.150. The lowest BCUT2D eigenvalue weighted by Gasteiger charge is -2.36. The molecule has 0 aromatic heterocycles. The van der Waals surface area contributed by atoms with Gasteiger partial charge in [0.25, 0.3) is 0 Å². The molecule has 1 unspecified atom stereocenters. The van der Waals surface area contributed by atoms with Crippen LogP contribution < -0.4 is 5.32 Å². The molecule has 1 atom stereocenters. The Morgan fingerprint density at radius 2 is 1.70 bits per heavy atom. The van der Waals surface area contributed by atoms with Crippen molar-refractivity contribution in [1.29, 1.82) is 0 Å². The molecule has 118 valence electrons. The summed E-state index contributed by atoms with van der Waals surface area (Å²) in [6, 6.07) is 0. The molecule has 0 spiro atoms. The highest BCUT2D eigenvalue weighted by atomic mass is 19.4. The second-order valence-electron chi connectivity index (χ2n) is 5.37. The van der Waals surface area contributed by atoms with Gasteiger partial charge in [0.15, 0.2) is 0 Å². The number of carboxylic acid groups (broad SMARTS) is 1. The average molecular weight is 297 g/mol. The average Bonchev–Trinajstić information content (AvgIpc) is 2.35. The van der Waals surface area contributed by atoms with Crippen LogP contribution in [0.25, 0.3) is 0 Å². The molecular formula is C12H22F3N3O2. The normalized spacial score (nSPS) is 21.6. The van der Waals surface area contributed by atoms with Gasteiger partial charge in [-0.3, -0.25) is 9.69 Å². The number of alkyl halides is 3. The number of piperazine rings is 1. The molecule has 0 aromatic rings. The van der Waals surface area contributed by atoms with Gasteiger partial charge in [-0.1, -0.05) is 0 Å². The zero-order valence-corrected chi connectivity index (χ0v) is 11.8. The van der Waals surface area contributed by atoms with Gasteiger partial charge in [0.2, 0.25) is 0 Å². The van der Waals surface area contributed by atoms with Crippen LogP contribution in [-0.4, -0.2) is 78.9 Å². The zero-order valence-electron chi connectivity index (χ0n) is 11.8. The van der Waals surface area contributed by atoms with Crippen LogP contribution in [0, 0.1) is 0 Å². The van der Waals surface area contributed by atoms with Crippen molar-refractivity contribution in [2.45, 2.75) is 25.1 Å². The van der Waals surface area contributed by atoms with E-state index >= 15 is 0 Å². The Balaban J connectivity index is 2.34. The minimum atomic E-state index is -4.16. The molecule has 1 heterocycles. The minimum absolute atomic E-state index is 0.364. The predicted molar refractivity (Wildman–Crippen MR) is 68.7 cm³/mol. The van der Waals surface area contributed by atoms with Gasteiger partial charge in [-0.05, 0) is 20.4 Å². The molecule has 1 aliphatic heterocycles. The summed E-state index contributed by atoms with van der Waals surface area (Å²) in [4.78, 5) is 14.5. The molecule has 5 nitrogen and oxygen atoms in total. The van der Waals surface area contributed by atoms with Crippen molar-refractivity contribution >= 4 is 5.97 Å². The van der Waals surface area contributed by atoms with Crippen molar-refractivity contribution < 1.29 is 23.1 Å². The first-order valence-electron chi connectivity index (χ1n) is 6.60. The van der Waals surface area contributed by atoms with E-state index in [4.69, 9.17) is 5.11 Å². The zero-order chi connectivity index (χ0) is 15.4. The number of carbonyl (C=O) groups is 1. The molecule has 1 rings (SSSR count). The predicted octanol–water partition coefficient (Wildman–Crippen LogP) is 0.619. The second-order valence-corrected chi connectivity index (χ2v) is 5.37. The fraction of sp³-hybridized carbons (Fsp3) is 0.917. The van der Waals surface area contributed by atoms with Gasteiger partial charge in [-0.25, -0.2) is 0 Å². The van der Waals surface area contributed by atoms with E-state index < -0.39 is 24.2 Å². The topological polar surface area (TPSA) is 55.8 Å². The van der Waals surface area contributed by atoms with Crippen LogP contribution in [0.4, 0.5) is 13.2 Å². The van der Waals surface area contributed by atoms with E-state index in [0.717, 1.165) is 0 Å².